The Labute approximate surface area is 201 Å². The van der Waals surface area contributed by atoms with Crippen molar-refractivity contribution < 1.29 is 17.9 Å². The van der Waals surface area contributed by atoms with E-state index >= 15 is 0 Å². The van der Waals surface area contributed by atoms with Crippen LogP contribution in [-0.4, -0.2) is 27.5 Å². The molecule has 3 aromatic carbocycles. The van der Waals surface area contributed by atoms with Gasteiger partial charge in [-0.1, -0.05) is 48.5 Å². The molecule has 0 aliphatic heterocycles. The largest absolute Gasteiger partial charge is 0.492 e. The molecule has 1 unspecified atom stereocenters. The number of carbonyl (C=O) groups excluding carboxylic acids is 1. The predicted molar refractivity (Wildman–Crippen MR) is 134 cm³/mol. The number of ether oxygens (including phenoxy) is 1. The zero-order valence-corrected chi connectivity index (χ0v) is 20.3. The van der Waals surface area contributed by atoms with Crippen LogP contribution in [-0.2, 0) is 27.7 Å². The minimum absolute atomic E-state index is 0.112. The van der Waals surface area contributed by atoms with E-state index in [1.807, 2.05) is 19.9 Å². The maximum atomic E-state index is 13.6. The fraction of sp³-hybridized carbons (Fsp3) is 0.296. The number of para-hydroxylation sites is 2. The molecule has 0 radical (unpaired) electrons. The monoisotopic (exact) mass is 478 g/mol. The van der Waals surface area contributed by atoms with E-state index in [4.69, 9.17) is 4.74 Å². The van der Waals surface area contributed by atoms with Crippen LogP contribution in [0.25, 0.3) is 0 Å². The molecule has 0 saturated heterocycles. The molecule has 0 aromatic heterocycles. The number of nitrogens with one attached hydrogen (secondary N) is 1. The van der Waals surface area contributed by atoms with Crippen LogP contribution in [0.15, 0.2) is 77.7 Å². The summed E-state index contributed by atoms with van der Waals surface area (Å²) in [4.78, 5) is 13.2. The minimum Gasteiger partial charge on any atom is -0.492 e. The molecule has 6 nitrogen and oxygen atoms in total. The van der Waals surface area contributed by atoms with Crippen molar-refractivity contribution in [3.8, 4) is 5.75 Å². The van der Waals surface area contributed by atoms with Gasteiger partial charge in [-0.15, -0.1) is 0 Å². The summed E-state index contributed by atoms with van der Waals surface area (Å²) in [5, 5.41) is 2.98. The highest BCUT2D eigenvalue weighted by Gasteiger charge is 2.29. The van der Waals surface area contributed by atoms with Gasteiger partial charge in [0.2, 0.25) is 5.91 Å². The summed E-state index contributed by atoms with van der Waals surface area (Å²) in [6.45, 7) is 3.75. The number of benzene rings is 3. The minimum atomic E-state index is -4.01. The van der Waals surface area contributed by atoms with E-state index < -0.39 is 10.0 Å². The number of amides is 1. The molecule has 1 atom stereocenters. The zero-order valence-electron chi connectivity index (χ0n) is 19.5. The normalized spacial score (nSPS) is 13.7. The van der Waals surface area contributed by atoms with Crippen molar-refractivity contribution in [3.63, 3.8) is 0 Å². The predicted octanol–water partition coefficient (Wildman–Crippen LogP) is 4.65. The van der Waals surface area contributed by atoms with Crippen molar-refractivity contribution in [2.75, 3.05) is 17.5 Å². The van der Waals surface area contributed by atoms with Gasteiger partial charge in [0.05, 0.1) is 23.2 Å². The lowest BCUT2D eigenvalue weighted by Gasteiger charge is -2.26. The Morgan fingerprint density at radius 3 is 2.47 bits per heavy atom. The van der Waals surface area contributed by atoms with Gasteiger partial charge in [-0.2, -0.15) is 0 Å². The van der Waals surface area contributed by atoms with Gasteiger partial charge in [-0.05, 0) is 74.1 Å². The van der Waals surface area contributed by atoms with Crippen LogP contribution in [0, 0.1) is 0 Å². The Morgan fingerprint density at radius 2 is 1.71 bits per heavy atom. The lowest BCUT2D eigenvalue weighted by molar-refractivity contribution is -0.120. The summed E-state index contributed by atoms with van der Waals surface area (Å²) >= 11 is 0. The van der Waals surface area contributed by atoms with Crippen LogP contribution in [0.4, 0.5) is 5.69 Å². The Kier molecular flexibility index (Phi) is 7.22. The molecule has 1 aliphatic rings. The molecule has 0 heterocycles. The Bertz CT molecular complexity index is 1260. The smallest absolute Gasteiger partial charge is 0.264 e. The third kappa shape index (κ3) is 5.09. The second kappa shape index (κ2) is 10.3. The van der Waals surface area contributed by atoms with Gasteiger partial charge in [0.25, 0.3) is 10.0 Å². The van der Waals surface area contributed by atoms with Gasteiger partial charge >= 0.3 is 0 Å². The summed E-state index contributed by atoms with van der Waals surface area (Å²) in [6.07, 6.45) is 3.31. The number of aryl methyl sites for hydroxylation is 2. The van der Waals surface area contributed by atoms with Crippen LogP contribution in [0.3, 0.4) is 0 Å². The highest BCUT2D eigenvalue weighted by molar-refractivity contribution is 7.92. The molecule has 0 spiro atoms. The van der Waals surface area contributed by atoms with Gasteiger partial charge in [-0.25, -0.2) is 8.42 Å². The highest BCUT2D eigenvalue weighted by Crippen LogP contribution is 2.32. The Hall–Kier alpha value is -3.32. The molecule has 1 aliphatic carbocycles. The Morgan fingerprint density at radius 1 is 1.00 bits per heavy atom. The van der Waals surface area contributed by atoms with Crippen molar-refractivity contribution in [3.05, 3.63) is 89.5 Å². The summed E-state index contributed by atoms with van der Waals surface area (Å²) in [6, 6.07) is 21.1. The fourth-order valence-corrected chi connectivity index (χ4v) is 5.77. The van der Waals surface area contributed by atoms with E-state index in [1.54, 1.807) is 42.5 Å². The van der Waals surface area contributed by atoms with Crippen LogP contribution in [0.5, 0.6) is 5.75 Å². The van der Waals surface area contributed by atoms with Gasteiger partial charge in [-0.3, -0.25) is 9.10 Å². The molecule has 178 valence electrons. The van der Waals surface area contributed by atoms with Crippen molar-refractivity contribution >= 4 is 21.6 Å². The second-order valence-corrected chi connectivity index (χ2v) is 10.3. The number of sulfonamides is 1. The van der Waals surface area contributed by atoms with Crippen molar-refractivity contribution in [2.45, 2.75) is 44.0 Å². The third-order valence-corrected chi connectivity index (χ3v) is 7.83. The van der Waals surface area contributed by atoms with E-state index in [9.17, 15) is 13.2 Å². The summed E-state index contributed by atoms with van der Waals surface area (Å²) in [5.74, 6) is 0.0165. The maximum absolute atomic E-state index is 13.6. The van der Waals surface area contributed by atoms with Crippen molar-refractivity contribution in [1.82, 2.24) is 5.32 Å². The van der Waals surface area contributed by atoms with E-state index in [0.29, 0.717) is 18.0 Å². The molecule has 7 heteroatoms. The summed E-state index contributed by atoms with van der Waals surface area (Å²) < 4.78 is 34.0. The number of nitrogens with zero attached hydrogens (tertiary/aromatic N) is 1. The first-order valence-electron chi connectivity index (χ1n) is 11.6. The lowest BCUT2D eigenvalue weighted by Crippen LogP contribution is -2.41. The lowest BCUT2D eigenvalue weighted by atomic mass is 10.0. The van der Waals surface area contributed by atoms with Gasteiger partial charge in [0, 0.05) is 0 Å². The van der Waals surface area contributed by atoms with Crippen LogP contribution >= 0.6 is 0 Å². The number of hydrogen-bond donors (Lipinski definition) is 1. The maximum Gasteiger partial charge on any atom is 0.264 e. The van der Waals surface area contributed by atoms with Crippen LogP contribution < -0.4 is 14.4 Å². The SMILES string of the molecule is CCOc1ccccc1N(CC(=O)NC(C)c1ccc2c(c1)CCC2)S(=O)(=O)c1ccccc1. The quantitative estimate of drug-likeness (QED) is 0.486. The number of fused-ring (bicyclic) bond motifs is 1. The number of anilines is 1. The molecule has 1 N–H and O–H groups in total. The molecule has 0 fully saturated rings. The second-order valence-electron chi connectivity index (χ2n) is 8.40. The van der Waals surface area contributed by atoms with Gasteiger partial charge < -0.3 is 10.1 Å². The summed E-state index contributed by atoms with van der Waals surface area (Å²) in [5.41, 5.74) is 4.04. The molecular formula is C27H30N2O4S. The molecule has 0 bridgehead atoms. The standard InChI is InChI=1S/C27H30N2O4S/c1-3-33-26-15-8-7-14-25(26)29(34(31,32)24-12-5-4-6-13-24)19-27(30)28-20(2)22-17-16-21-10-9-11-23(21)18-22/h4-8,12-18,20H,3,9-11,19H2,1-2H3,(H,28,30). The zero-order chi connectivity index (χ0) is 24.1. The first kappa shape index (κ1) is 23.8. The molecule has 4 rings (SSSR count). The van der Waals surface area contributed by atoms with E-state index in [1.165, 1.54) is 23.3 Å². The topological polar surface area (TPSA) is 75.7 Å². The van der Waals surface area contributed by atoms with Crippen molar-refractivity contribution in [1.29, 1.82) is 0 Å². The summed E-state index contributed by atoms with van der Waals surface area (Å²) in [7, 11) is -4.01. The van der Waals surface area contributed by atoms with Gasteiger partial charge in [0.1, 0.15) is 12.3 Å². The molecule has 34 heavy (non-hydrogen) atoms. The van der Waals surface area contributed by atoms with Crippen LogP contribution in [0.1, 0.15) is 43.0 Å². The molecular weight excluding hydrogens is 448 g/mol. The molecule has 1 amide bonds. The number of carbonyl (C=O) groups is 1. The molecule has 0 saturated carbocycles. The number of hydrogen-bond acceptors (Lipinski definition) is 4. The molecule has 3 aromatic rings. The van der Waals surface area contributed by atoms with Gasteiger partial charge in [0.15, 0.2) is 0 Å². The number of rotatable bonds is 9. The Balaban J connectivity index is 1.61. The van der Waals surface area contributed by atoms with E-state index in [2.05, 4.69) is 17.4 Å². The average molecular weight is 479 g/mol. The van der Waals surface area contributed by atoms with E-state index in [0.717, 1.165) is 29.1 Å². The third-order valence-electron chi connectivity index (χ3n) is 6.05. The first-order valence-corrected chi connectivity index (χ1v) is 13.0. The van der Waals surface area contributed by atoms with Crippen molar-refractivity contribution in [2.24, 2.45) is 0 Å². The van der Waals surface area contributed by atoms with Crippen LogP contribution in [0.2, 0.25) is 0 Å². The van der Waals surface area contributed by atoms with E-state index in [-0.39, 0.29) is 23.4 Å². The average Bonchev–Trinajstić information content (AvgIpc) is 3.32. The first-order chi connectivity index (χ1) is 16.4. The highest BCUT2D eigenvalue weighted by atomic mass is 32.2. The fourth-order valence-electron chi connectivity index (χ4n) is 4.32.